The summed E-state index contributed by atoms with van der Waals surface area (Å²) in [6, 6.07) is 15.5. The number of carbonyl (C=O) groups excluding carboxylic acids is 1. The average Bonchev–Trinajstić information content (AvgIpc) is 3.12. The van der Waals surface area contributed by atoms with Crippen molar-refractivity contribution in [3.63, 3.8) is 0 Å². The number of nitrogens with one attached hydrogen (secondary N) is 1. The molecule has 1 aromatic heterocycles. The summed E-state index contributed by atoms with van der Waals surface area (Å²) < 4.78 is 10.7. The van der Waals surface area contributed by atoms with Gasteiger partial charge in [0.05, 0.1) is 17.7 Å². The third-order valence-electron chi connectivity index (χ3n) is 3.66. The monoisotopic (exact) mass is 357 g/mol. The van der Waals surface area contributed by atoms with E-state index in [1.807, 2.05) is 0 Å². The van der Waals surface area contributed by atoms with Crippen LogP contribution in [0.5, 0.6) is 5.75 Å². The Morgan fingerprint density at radius 3 is 2.72 bits per heavy atom. The number of anilines is 1. The Morgan fingerprint density at radius 2 is 2.00 bits per heavy atom. The summed E-state index contributed by atoms with van der Waals surface area (Å²) in [6.07, 6.45) is 0. The molecule has 0 saturated heterocycles. The van der Waals surface area contributed by atoms with Gasteiger partial charge in [-0.1, -0.05) is 23.7 Å². The van der Waals surface area contributed by atoms with Crippen LogP contribution in [0, 0.1) is 0 Å². The molecule has 0 aliphatic carbocycles. The number of para-hydroxylation sites is 1. The molecule has 1 heterocycles. The summed E-state index contributed by atoms with van der Waals surface area (Å²) in [5.74, 6) is 1.16. The standard InChI is InChI=1S/C19H16ClNO4/c1-24-17-5-3-2-4-14(17)19(23)21-12-6-8-16(20)15(10-12)18-9-7-13(11-22)25-18/h2-10,22H,11H2,1H3,(H,21,23). The maximum Gasteiger partial charge on any atom is 0.259 e. The molecule has 0 aliphatic rings. The molecule has 25 heavy (non-hydrogen) atoms. The van der Waals surface area contributed by atoms with Crippen molar-refractivity contribution in [2.75, 3.05) is 12.4 Å². The van der Waals surface area contributed by atoms with Crippen molar-refractivity contribution in [2.24, 2.45) is 0 Å². The van der Waals surface area contributed by atoms with Crippen LogP contribution >= 0.6 is 11.6 Å². The Hall–Kier alpha value is -2.76. The lowest BCUT2D eigenvalue weighted by Crippen LogP contribution is -2.13. The van der Waals surface area contributed by atoms with E-state index >= 15 is 0 Å². The van der Waals surface area contributed by atoms with E-state index in [2.05, 4.69) is 5.32 Å². The van der Waals surface area contributed by atoms with Gasteiger partial charge >= 0.3 is 0 Å². The van der Waals surface area contributed by atoms with Crippen LogP contribution in [0.3, 0.4) is 0 Å². The lowest BCUT2D eigenvalue weighted by atomic mass is 10.1. The predicted molar refractivity (Wildman–Crippen MR) is 96.0 cm³/mol. The first-order valence-corrected chi connectivity index (χ1v) is 7.94. The van der Waals surface area contributed by atoms with E-state index in [1.54, 1.807) is 54.6 Å². The largest absolute Gasteiger partial charge is 0.496 e. The Kier molecular flexibility index (Phi) is 5.07. The topological polar surface area (TPSA) is 71.7 Å². The third kappa shape index (κ3) is 3.68. The number of carbonyl (C=O) groups is 1. The molecule has 2 aromatic carbocycles. The molecule has 0 aliphatic heterocycles. The number of methoxy groups -OCH3 is 1. The van der Waals surface area contributed by atoms with Crippen LogP contribution in [0.2, 0.25) is 5.02 Å². The van der Waals surface area contributed by atoms with E-state index in [0.29, 0.717) is 39.1 Å². The molecule has 0 fully saturated rings. The quantitative estimate of drug-likeness (QED) is 0.712. The van der Waals surface area contributed by atoms with Gasteiger partial charge in [0.25, 0.3) is 5.91 Å². The number of aliphatic hydroxyl groups excluding tert-OH is 1. The van der Waals surface area contributed by atoms with Crippen LogP contribution in [-0.4, -0.2) is 18.1 Å². The molecule has 0 unspecified atom stereocenters. The molecule has 0 saturated carbocycles. The Bertz CT molecular complexity index is 904. The van der Waals surface area contributed by atoms with Gasteiger partial charge in [-0.25, -0.2) is 0 Å². The predicted octanol–water partition coefficient (Wildman–Crippen LogP) is 4.35. The van der Waals surface area contributed by atoms with Gasteiger partial charge in [-0.15, -0.1) is 0 Å². The van der Waals surface area contributed by atoms with Crippen molar-refractivity contribution >= 4 is 23.2 Å². The highest BCUT2D eigenvalue weighted by atomic mass is 35.5. The van der Waals surface area contributed by atoms with E-state index in [-0.39, 0.29) is 12.5 Å². The van der Waals surface area contributed by atoms with Gasteiger partial charge in [-0.2, -0.15) is 0 Å². The molecule has 0 atom stereocenters. The number of rotatable bonds is 5. The zero-order valence-electron chi connectivity index (χ0n) is 13.5. The fourth-order valence-electron chi connectivity index (χ4n) is 2.43. The van der Waals surface area contributed by atoms with Crippen molar-refractivity contribution in [1.29, 1.82) is 0 Å². The Balaban J connectivity index is 1.88. The van der Waals surface area contributed by atoms with Crippen molar-refractivity contribution in [2.45, 2.75) is 6.61 Å². The normalized spacial score (nSPS) is 10.5. The number of benzene rings is 2. The van der Waals surface area contributed by atoms with Gasteiger partial charge in [0.1, 0.15) is 23.9 Å². The number of ether oxygens (including phenoxy) is 1. The fourth-order valence-corrected chi connectivity index (χ4v) is 2.64. The SMILES string of the molecule is COc1ccccc1C(=O)Nc1ccc(Cl)c(-c2ccc(CO)o2)c1. The molecule has 0 spiro atoms. The first kappa shape index (κ1) is 17.1. The molecule has 6 heteroatoms. The number of aliphatic hydroxyl groups is 1. The van der Waals surface area contributed by atoms with Crippen LogP contribution < -0.4 is 10.1 Å². The number of halogens is 1. The average molecular weight is 358 g/mol. The first-order chi connectivity index (χ1) is 12.1. The van der Waals surface area contributed by atoms with Gasteiger partial charge in [0, 0.05) is 11.3 Å². The van der Waals surface area contributed by atoms with Gasteiger partial charge in [-0.3, -0.25) is 4.79 Å². The maximum absolute atomic E-state index is 12.5. The molecule has 1 amide bonds. The van der Waals surface area contributed by atoms with Crippen LogP contribution in [0.4, 0.5) is 5.69 Å². The highest BCUT2D eigenvalue weighted by molar-refractivity contribution is 6.33. The smallest absolute Gasteiger partial charge is 0.259 e. The molecular formula is C19H16ClNO4. The van der Waals surface area contributed by atoms with Crippen molar-refractivity contribution in [3.8, 4) is 17.1 Å². The summed E-state index contributed by atoms with van der Waals surface area (Å²) in [6.45, 7) is -0.193. The van der Waals surface area contributed by atoms with E-state index in [1.165, 1.54) is 7.11 Å². The molecule has 5 nitrogen and oxygen atoms in total. The second-order valence-electron chi connectivity index (χ2n) is 5.27. The molecule has 3 aromatic rings. The summed E-state index contributed by atoms with van der Waals surface area (Å²) in [5, 5.41) is 12.4. The third-order valence-corrected chi connectivity index (χ3v) is 3.99. The fraction of sp³-hybridized carbons (Fsp3) is 0.105. The highest BCUT2D eigenvalue weighted by Gasteiger charge is 2.14. The van der Waals surface area contributed by atoms with Crippen LogP contribution in [0.15, 0.2) is 59.0 Å². The number of amides is 1. The summed E-state index contributed by atoms with van der Waals surface area (Å²) >= 11 is 6.23. The van der Waals surface area contributed by atoms with Gasteiger partial charge in [0.2, 0.25) is 0 Å². The Labute approximate surface area is 149 Å². The van der Waals surface area contributed by atoms with Crippen LogP contribution in [-0.2, 0) is 6.61 Å². The van der Waals surface area contributed by atoms with Crippen molar-refractivity contribution in [3.05, 3.63) is 70.9 Å². The molecular weight excluding hydrogens is 342 g/mol. The van der Waals surface area contributed by atoms with Crippen LogP contribution in [0.1, 0.15) is 16.1 Å². The van der Waals surface area contributed by atoms with E-state index in [0.717, 1.165) is 0 Å². The second kappa shape index (κ2) is 7.42. The Morgan fingerprint density at radius 1 is 1.20 bits per heavy atom. The summed E-state index contributed by atoms with van der Waals surface area (Å²) in [5.41, 5.74) is 1.62. The van der Waals surface area contributed by atoms with Crippen molar-refractivity contribution < 1.29 is 19.1 Å². The minimum absolute atomic E-state index is 0.193. The zero-order chi connectivity index (χ0) is 17.8. The lowest BCUT2D eigenvalue weighted by molar-refractivity contribution is 0.102. The summed E-state index contributed by atoms with van der Waals surface area (Å²) in [7, 11) is 1.52. The molecule has 0 radical (unpaired) electrons. The second-order valence-corrected chi connectivity index (χ2v) is 5.68. The maximum atomic E-state index is 12.5. The zero-order valence-corrected chi connectivity index (χ0v) is 14.2. The summed E-state index contributed by atoms with van der Waals surface area (Å²) in [4.78, 5) is 12.5. The number of furan rings is 1. The molecule has 2 N–H and O–H groups in total. The first-order valence-electron chi connectivity index (χ1n) is 7.56. The number of hydrogen-bond donors (Lipinski definition) is 2. The molecule has 3 rings (SSSR count). The highest BCUT2D eigenvalue weighted by Crippen LogP contribution is 2.32. The lowest BCUT2D eigenvalue weighted by Gasteiger charge is -2.10. The van der Waals surface area contributed by atoms with Crippen molar-refractivity contribution in [1.82, 2.24) is 0 Å². The molecule has 128 valence electrons. The van der Waals surface area contributed by atoms with Crippen LogP contribution in [0.25, 0.3) is 11.3 Å². The van der Waals surface area contributed by atoms with E-state index < -0.39 is 0 Å². The minimum atomic E-state index is -0.291. The van der Waals surface area contributed by atoms with Gasteiger partial charge in [-0.05, 0) is 42.5 Å². The van der Waals surface area contributed by atoms with Gasteiger partial charge < -0.3 is 19.6 Å². The number of hydrogen-bond acceptors (Lipinski definition) is 4. The minimum Gasteiger partial charge on any atom is -0.496 e. The molecule has 0 bridgehead atoms. The van der Waals surface area contributed by atoms with E-state index in [4.69, 9.17) is 25.9 Å². The van der Waals surface area contributed by atoms with Gasteiger partial charge in [0.15, 0.2) is 0 Å². The van der Waals surface area contributed by atoms with E-state index in [9.17, 15) is 4.79 Å².